The minimum Gasteiger partial charge on any atom is -0.481 e. The third-order valence-corrected chi connectivity index (χ3v) is 3.50. The van der Waals surface area contributed by atoms with Gasteiger partial charge in [-0.05, 0) is 18.4 Å². The molecule has 0 radical (unpaired) electrons. The van der Waals surface area contributed by atoms with Gasteiger partial charge in [-0.15, -0.1) is 0 Å². The molecule has 2 rings (SSSR count). The number of nitrogens with one attached hydrogen (secondary N) is 1. The summed E-state index contributed by atoms with van der Waals surface area (Å²) in [5.74, 6) is -0.795. The van der Waals surface area contributed by atoms with E-state index in [0.29, 0.717) is 6.54 Å². The van der Waals surface area contributed by atoms with Crippen LogP contribution in [0.25, 0.3) is 0 Å². The summed E-state index contributed by atoms with van der Waals surface area (Å²) < 4.78 is 0. The van der Waals surface area contributed by atoms with Crippen LogP contribution in [0.2, 0.25) is 0 Å². The van der Waals surface area contributed by atoms with Crippen molar-refractivity contribution in [2.24, 2.45) is 0 Å². The average molecular weight is 244 g/mol. The highest BCUT2D eigenvalue weighted by molar-refractivity contribution is 5.66. The topological polar surface area (TPSA) is 73.1 Å². The van der Waals surface area contributed by atoms with E-state index in [4.69, 9.17) is 5.11 Å². The monoisotopic (exact) mass is 244 g/mol. The summed E-state index contributed by atoms with van der Waals surface area (Å²) in [4.78, 5) is 10.4. The van der Waals surface area contributed by atoms with Crippen molar-refractivity contribution in [3.63, 3.8) is 0 Å². The van der Waals surface area contributed by atoms with E-state index >= 15 is 0 Å². The Morgan fingerprint density at radius 3 is 2.67 bits per heavy atom. The summed E-state index contributed by atoms with van der Waals surface area (Å²) in [6.45, 7) is 0.469. The van der Waals surface area contributed by atoms with Gasteiger partial charge in [0, 0.05) is 12.6 Å². The lowest BCUT2D eigenvalue weighted by molar-refractivity contribution is -0.136. The van der Waals surface area contributed by atoms with Crippen molar-refractivity contribution >= 4 is 5.97 Å². The van der Waals surface area contributed by atoms with Gasteiger partial charge in [0.25, 0.3) is 0 Å². The molecule has 0 unspecified atom stereocenters. The molecule has 0 saturated heterocycles. The molecule has 1 fully saturated rings. The van der Waals surface area contributed by atoms with Gasteiger partial charge in [0.1, 0.15) is 0 Å². The Bertz CT molecular complexity index is 458. The fourth-order valence-electron chi connectivity index (χ4n) is 2.46. The summed E-state index contributed by atoms with van der Waals surface area (Å²) in [6, 6.07) is 12.5. The van der Waals surface area contributed by atoms with Gasteiger partial charge in [-0.1, -0.05) is 30.3 Å². The maximum absolute atomic E-state index is 10.4. The van der Waals surface area contributed by atoms with E-state index in [1.165, 1.54) is 0 Å². The molecule has 0 spiro atoms. The first-order valence-corrected chi connectivity index (χ1v) is 6.08. The predicted octanol–water partition coefficient (Wildman–Crippen LogP) is 1.67. The van der Waals surface area contributed by atoms with Gasteiger partial charge in [-0.25, -0.2) is 0 Å². The van der Waals surface area contributed by atoms with Crippen LogP contribution in [0.15, 0.2) is 30.3 Å². The van der Waals surface area contributed by atoms with Gasteiger partial charge >= 0.3 is 5.97 Å². The van der Waals surface area contributed by atoms with Crippen LogP contribution in [-0.4, -0.2) is 23.7 Å². The van der Waals surface area contributed by atoms with Crippen LogP contribution in [0.5, 0.6) is 0 Å². The quantitative estimate of drug-likeness (QED) is 0.826. The fourth-order valence-corrected chi connectivity index (χ4v) is 2.46. The van der Waals surface area contributed by atoms with E-state index in [1.807, 2.05) is 30.3 Å². The van der Waals surface area contributed by atoms with Crippen molar-refractivity contribution in [2.75, 3.05) is 6.54 Å². The maximum atomic E-state index is 10.4. The predicted molar refractivity (Wildman–Crippen MR) is 67.0 cm³/mol. The molecule has 1 aromatic rings. The number of carboxylic acids is 1. The number of carboxylic acid groups (broad SMARTS) is 1. The number of hydrogen-bond acceptors (Lipinski definition) is 3. The highest BCUT2D eigenvalue weighted by Crippen LogP contribution is 2.43. The van der Waals surface area contributed by atoms with Crippen molar-refractivity contribution in [2.45, 2.75) is 30.7 Å². The van der Waals surface area contributed by atoms with Gasteiger partial charge in [-0.2, -0.15) is 5.26 Å². The third-order valence-electron chi connectivity index (χ3n) is 3.50. The molecule has 1 aliphatic carbocycles. The maximum Gasteiger partial charge on any atom is 0.304 e. The standard InChI is InChI=1S/C14H16N2O2/c15-10-14(11-4-2-1-3-5-11)8-12(9-14)16-7-6-13(17)18/h1-5,12,16H,6-9H2,(H,17,18). The molecule has 1 saturated carbocycles. The zero-order chi connectivity index (χ0) is 13.0. The van der Waals surface area contributed by atoms with Crippen LogP contribution in [0.3, 0.4) is 0 Å². The van der Waals surface area contributed by atoms with E-state index in [1.54, 1.807) is 0 Å². The van der Waals surface area contributed by atoms with Crippen molar-refractivity contribution in [3.05, 3.63) is 35.9 Å². The van der Waals surface area contributed by atoms with E-state index in [2.05, 4.69) is 11.4 Å². The molecule has 4 nitrogen and oxygen atoms in total. The number of aliphatic carboxylic acids is 1. The van der Waals surface area contributed by atoms with Crippen LogP contribution in [0.1, 0.15) is 24.8 Å². The van der Waals surface area contributed by atoms with Crippen LogP contribution in [0.4, 0.5) is 0 Å². The van der Waals surface area contributed by atoms with Crippen LogP contribution in [-0.2, 0) is 10.2 Å². The Morgan fingerprint density at radius 2 is 2.11 bits per heavy atom. The van der Waals surface area contributed by atoms with Gasteiger partial charge < -0.3 is 10.4 Å². The lowest BCUT2D eigenvalue weighted by Gasteiger charge is -2.43. The lowest BCUT2D eigenvalue weighted by Crippen LogP contribution is -2.51. The molecule has 0 heterocycles. The average Bonchev–Trinajstić information content (AvgIpc) is 2.33. The van der Waals surface area contributed by atoms with Crippen molar-refractivity contribution in [3.8, 4) is 6.07 Å². The van der Waals surface area contributed by atoms with Gasteiger partial charge in [-0.3, -0.25) is 4.79 Å². The molecular formula is C14H16N2O2. The van der Waals surface area contributed by atoms with Crippen LogP contribution in [0, 0.1) is 11.3 Å². The Balaban J connectivity index is 1.89. The van der Waals surface area contributed by atoms with E-state index in [0.717, 1.165) is 18.4 Å². The van der Waals surface area contributed by atoms with Crippen LogP contribution >= 0.6 is 0 Å². The van der Waals surface area contributed by atoms with Gasteiger partial charge in [0.05, 0.1) is 17.9 Å². The minimum absolute atomic E-state index is 0.126. The van der Waals surface area contributed by atoms with Crippen LogP contribution < -0.4 is 5.32 Å². The zero-order valence-electron chi connectivity index (χ0n) is 10.1. The molecule has 1 aromatic carbocycles. The first kappa shape index (κ1) is 12.6. The second-order valence-corrected chi connectivity index (χ2v) is 4.76. The first-order chi connectivity index (χ1) is 8.66. The number of carbonyl (C=O) groups is 1. The number of benzene rings is 1. The SMILES string of the molecule is N#CC1(c2ccccc2)CC(NCCC(=O)O)C1. The summed E-state index contributed by atoms with van der Waals surface area (Å²) in [5, 5.41) is 21.1. The number of nitrogens with zero attached hydrogens (tertiary/aromatic N) is 1. The molecule has 0 atom stereocenters. The zero-order valence-corrected chi connectivity index (χ0v) is 10.1. The highest BCUT2D eigenvalue weighted by atomic mass is 16.4. The van der Waals surface area contributed by atoms with E-state index < -0.39 is 5.97 Å². The molecule has 1 aliphatic rings. The normalized spacial score (nSPS) is 26.1. The summed E-state index contributed by atoms with van der Waals surface area (Å²) in [6.07, 6.45) is 1.64. The summed E-state index contributed by atoms with van der Waals surface area (Å²) in [5.41, 5.74) is 0.672. The molecular weight excluding hydrogens is 228 g/mol. The number of rotatable bonds is 5. The number of nitriles is 1. The van der Waals surface area contributed by atoms with Gasteiger partial charge in [0.15, 0.2) is 0 Å². The molecule has 4 heteroatoms. The fraction of sp³-hybridized carbons (Fsp3) is 0.429. The second kappa shape index (κ2) is 5.19. The van der Waals surface area contributed by atoms with Crippen molar-refractivity contribution in [1.82, 2.24) is 5.32 Å². The first-order valence-electron chi connectivity index (χ1n) is 6.08. The van der Waals surface area contributed by atoms with E-state index in [9.17, 15) is 10.1 Å². The Hall–Kier alpha value is -1.86. The third kappa shape index (κ3) is 2.52. The summed E-state index contributed by atoms with van der Waals surface area (Å²) >= 11 is 0. The molecule has 2 N–H and O–H groups in total. The Morgan fingerprint density at radius 1 is 1.44 bits per heavy atom. The molecule has 0 amide bonds. The minimum atomic E-state index is -0.795. The lowest BCUT2D eigenvalue weighted by atomic mass is 9.62. The largest absolute Gasteiger partial charge is 0.481 e. The second-order valence-electron chi connectivity index (χ2n) is 4.76. The van der Waals surface area contributed by atoms with Crippen molar-refractivity contribution < 1.29 is 9.90 Å². The Labute approximate surface area is 106 Å². The van der Waals surface area contributed by atoms with Gasteiger partial charge in [0.2, 0.25) is 0 Å². The smallest absolute Gasteiger partial charge is 0.304 e. The summed E-state index contributed by atoms with van der Waals surface area (Å²) in [7, 11) is 0. The Kier molecular flexibility index (Phi) is 3.63. The number of hydrogen-bond donors (Lipinski definition) is 2. The van der Waals surface area contributed by atoms with E-state index in [-0.39, 0.29) is 17.9 Å². The highest BCUT2D eigenvalue weighted by Gasteiger charge is 2.45. The van der Waals surface area contributed by atoms with Crippen molar-refractivity contribution in [1.29, 1.82) is 5.26 Å². The molecule has 0 aromatic heterocycles. The molecule has 18 heavy (non-hydrogen) atoms. The molecule has 94 valence electrons. The molecule has 0 aliphatic heterocycles. The molecule has 0 bridgehead atoms.